The average molecular weight is 562 g/mol. The molecule has 0 spiro atoms. The fraction of sp³-hybridized carbons (Fsp3) is 0.562. The molecule has 2 aliphatic heterocycles. The molecule has 2 amide bonds. The van der Waals surface area contributed by atoms with Gasteiger partial charge in [0.15, 0.2) is 0 Å². The Hall–Kier alpha value is -1.38. The van der Waals surface area contributed by atoms with E-state index in [0.29, 0.717) is 10.7 Å². The summed E-state index contributed by atoms with van der Waals surface area (Å²) in [7, 11) is 2.91. The number of β-lactam (4-membered cyclic amide) rings is 1. The van der Waals surface area contributed by atoms with Gasteiger partial charge in [0, 0.05) is 31.4 Å². The fourth-order valence-electron chi connectivity index (χ4n) is 3.14. The number of fused-ring (bicyclic) bond motifs is 1. The van der Waals surface area contributed by atoms with Crippen LogP contribution in [0.5, 0.6) is 0 Å². The van der Waals surface area contributed by atoms with Gasteiger partial charge in [0.1, 0.15) is 17.1 Å². The van der Waals surface area contributed by atoms with Crippen molar-refractivity contribution in [2.24, 2.45) is 12.8 Å². The van der Waals surface area contributed by atoms with Gasteiger partial charge in [-0.15, -0.1) is 28.6 Å². The van der Waals surface area contributed by atoms with Crippen LogP contribution in [0.15, 0.2) is 16.4 Å². The zero-order valence-corrected chi connectivity index (χ0v) is 23.4. The summed E-state index contributed by atoms with van der Waals surface area (Å²) in [6.45, 7) is 0. The van der Waals surface area contributed by atoms with Crippen LogP contribution in [0.4, 0.5) is 0 Å². The molecule has 1 fully saturated rings. The monoisotopic (exact) mass is 561 g/mol. The number of carbonyl (C=O) groups is 4. The molecule has 1 aromatic heterocycles. The fourth-order valence-corrected chi connectivity index (χ4v) is 6.34. The molecule has 0 aliphatic carbocycles. The van der Waals surface area contributed by atoms with Crippen LogP contribution in [-0.2, 0) is 31.0 Å². The molecule has 0 saturated carbocycles. The van der Waals surface area contributed by atoms with Crippen LogP contribution < -0.4 is 40.6 Å². The Bertz CT molecular complexity index is 1020. The Morgan fingerprint density at radius 1 is 1.43 bits per heavy atom. The van der Waals surface area contributed by atoms with Crippen LogP contribution in [0.3, 0.4) is 0 Å². The number of nitrogens with two attached hydrogens (primary N) is 1. The third kappa shape index (κ3) is 6.50. The number of rotatable bonds is 11. The molecule has 35 heavy (non-hydrogen) atoms. The number of thioether (sulfide) groups is 3. The second-order valence-electron chi connectivity index (χ2n) is 6.92. The van der Waals surface area contributed by atoms with E-state index in [1.54, 1.807) is 7.05 Å². The number of carboxylic acid groups (broad SMARTS) is 2. The van der Waals surface area contributed by atoms with Crippen molar-refractivity contribution in [2.45, 2.75) is 22.3 Å². The molecule has 3 atom stereocenters. The van der Waals surface area contributed by atoms with Crippen LogP contribution in [0.1, 0.15) is 1.43 Å². The molecule has 3 rings (SSSR count). The van der Waals surface area contributed by atoms with E-state index < -0.39 is 40.9 Å². The van der Waals surface area contributed by atoms with Crippen molar-refractivity contribution >= 4 is 59.0 Å². The van der Waals surface area contributed by atoms with Crippen LogP contribution in [0.2, 0.25) is 0 Å². The predicted octanol–water partition coefficient (Wildman–Crippen LogP) is -5.55. The van der Waals surface area contributed by atoms with Gasteiger partial charge in [0.2, 0.25) is 11.1 Å². The van der Waals surface area contributed by atoms with Crippen LogP contribution in [-0.4, -0.2) is 112 Å². The van der Waals surface area contributed by atoms with Crippen LogP contribution in [0, 0.1) is 0 Å². The molecule has 1 aromatic rings. The molecule has 15 nitrogen and oxygen atoms in total. The van der Waals surface area contributed by atoms with E-state index in [1.165, 1.54) is 35.3 Å². The number of carbonyl (C=O) groups excluding carboxylic acids is 2. The molecule has 2 aliphatic rings. The van der Waals surface area contributed by atoms with E-state index in [2.05, 4.69) is 20.8 Å². The van der Waals surface area contributed by atoms with E-state index in [4.69, 9.17) is 15.6 Å². The summed E-state index contributed by atoms with van der Waals surface area (Å²) >= 11 is 3.50. The zero-order valence-electron chi connectivity index (χ0n) is 20.0. The number of aryl methyl sites for hydroxylation is 1. The van der Waals surface area contributed by atoms with E-state index in [9.17, 15) is 24.3 Å². The zero-order chi connectivity index (χ0) is 24.3. The predicted molar refractivity (Wildman–Crippen MR) is 123 cm³/mol. The molecule has 7 N–H and O–H groups in total. The van der Waals surface area contributed by atoms with Gasteiger partial charge >= 0.3 is 41.5 Å². The van der Waals surface area contributed by atoms with Crippen molar-refractivity contribution in [1.29, 1.82) is 0 Å². The number of hydrogen-bond acceptors (Lipinski definition) is 12. The third-order valence-electron chi connectivity index (χ3n) is 4.76. The average Bonchev–Trinajstić information content (AvgIpc) is 3.19. The topological polar surface area (TPSA) is 234 Å². The van der Waals surface area contributed by atoms with E-state index in [-0.39, 0.29) is 65.2 Å². The standard InChI is InChI=1S/C16H21N7O7S3.Na.H2O.H/c1-22-15(19-20-21-22)33-4-7-3-32-14-16(30-2,13(29)23(14)10(7)12(27)28)18-9(24)6-31-5-8(17)11(25)26;;;/h8,14H,3-6,17H2,1-2H3,(H,18,24)(H,25,26)(H,27,28);;1H2;/q;+1;;-1/t8-,14-,16+;;;/m1.../s1. The van der Waals surface area contributed by atoms with Crippen molar-refractivity contribution in [3.05, 3.63) is 11.3 Å². The summed E-state index contributed by atoms with van der Waals surface area (Å²) in [5.74, 6) is -3.32. The molecule has 0 radical (unpaired) electrons. The number of hydrogen-bond donors (Lipinski definition) is 4. The van der Waals surface area contributed by atoms with Gasteiger partial charge in [0.05, 0.1) is 5.75 Å². The normalized spacial score (nSPS) is 21.7. The first kappa shape index (κ1) is 31.6. The van der Waals surface area contributed by atoms with Crippen molar-refractivity contribution in [2.75, 3.05) is 30.1 Å². The van der Waals surface area contributed by atoms with Gasteiger partial charge in [-0.2, -0.15) is 0 Å². The summed E-state index contributed by atoms with van der Waals surface area (Å²) in [6, 6.07) is -1.12. The van der Waals surface area contributed by atoms with Crippen molar-refractivity contribution in [1.82, 2.24) is 30.4 Å². The summed E-state index contributed by atoms with van der Waals surface area (Å²) < 4.78 is 6.82. The summed E-state index contributed by atoms with van der Waals surface area (Å²) in [6.07, 6.45) is 0. The Morgan fingerprint density at radius 3 is 2.66 bits per heavy atom. The molecule has 0 bridgehead atoms. The summed E-state index contributed by atoms with van der Waals surface area (Å²) in [5.41, 5.74) is 4.05. The number of tetrazole rings is 1. The minimum Gasteiger partial charge on any atom is -1.00 e. The smallest absolute Gasteiger partial charge is 1.00 e. The third-order valence-corrected chi connectivity index (χ3v) is 8.30. The summed E-state index contributed by atoms with van der Waals surface area (Å²) in [4.78, 5) is 49.3. The van der Waals surface area contributed by atoms with Gasteiger partial charge in [-0.05, 0) is 16.0 Å². The Kier molecular flexibility index (Phi) is 12.0. The maximum Gasteiger partial charge on any atom is 1.00 e. The maximum absolute atomic E-state index is 13.0. The largest absolute Gasteiger partial charge is 1.00 e. The first-order chi connectivity index (χ1) is 15.6. The number of aromatic nitrogens is 4. The first-order valence-corrected chi connectivity index (χ1v) is 12.5. The van der Waals surface area contributed by atoms with E-state index >= 15 is 0 Å². The molecule has 3 heterocycles. The molecule has 190 valence electrons. The van der Waals surface area contributed by atoms with Crippen molar-refractivity contribution < 1.29 is 70.6 Å². The van der Waals surface area contributed by atoms with E-state index in [0.717, 1.165) is 16.7 Å². The molecule has 0 unspecified atom stereocenters. The number of carboxylic acids is 2. The minimum atomic E-state index is -1.72. The Morgan fingerprint density at radius 2 is 2.11 bits per heavy atom. The van der Waals surface area contributed by atoms with Crippen LogP contribution >= 0.6 is 35.3 Å². The van der Waals surface area contributed by atoms with Crippen molar-refractivity contribution in [3.8, 4) is 0 Å². The quantitative estimate of drug-likeness (QED) is 0.0854. The maximum atomic E-state index is 13.0. The van der Waals surface area contributed by atoms with Gasteiger partial charge in [-0.3, -0.25) is 19.3 Å². The first-order valence-electron chi connectivity index (χ1n) is 9.30. The minimum absolute atomic E-state index is 0. The van der Waals surface area contributed by atoms with Gasteiger partial charge in [0.25, 0.3) is 11.6 Å². The van der Waals surface area contributed by atoms with Crippen molar-refractivity contribution in [3.63, 3.8) is 0 Å². The molecule has 19 heteroatoms. The number of nitrogens with zero attached hydrogens (tertiary/aromatic N) is 5. The molecular weight excluding hydrogens is 537 g/mol. The number of aliphatic carboxylic acids is 2. The molecule has 1 saturated heterocycles. The van der Waals surface area contributed by atoms with E-state index in [1.807, 2.05) is 0 Å². The van der Waals surface area contributed by atoms with Crippen LogP contribution in [0.25, 0.3) is 0 Å². The molecular formula is C16H24N7NaO8S3. The number of amides is 2. The number of nitrogens with one attached hydrogen (secondary N) is 1. The van der Waals surface area contributed by atoms with Gasteiger partial charge < -0.3 is 32.9 Å². The second kappa shape index (κ2) is 13.2. The second-order valence-corrected chi connectivity index (χ2v) is 9.96. The van der Waals surface area contributed by atoms with Gasteiger partial charge in [-0.1, -0.05) is 11.8 Å². The molecule has 0 aromatic carbocycles. The number of methoxy groups -OCH3 is 1. The van der Waals surface area contributed by atoms with Gasteiger partial charge in [-0.25, -0.2) is 9.48 Å². The SMILES string of the molecule is CO[C@@]1(NC(=O)CSC[C@@H](N)C(=O)O)C(=O)N2C(C(=O)O)=C(CSc3nnnn3C)CS[C@@H]21.O.[H-].[Na+]. The Labute approximate surface area is 235 Å². The summed E-state index contributed by atoms with van der Waals surface area (Å²) in [5, 5.41) is 31.9. The number of ether oxygens (including phenoxy) is 1. The Balaban J connectivity index is 0.00000408.